The monoisotopic (exact) mass is 207 g/mol. The number of benzene rings is 1. The number of hydrogen-bond donors (Lipinski definition) is 2. The van der Waals surface area contributed by atoms with Crippen LogP contribution in [-0.4, -0.2) is 18.3 Å². The van der Waals surface area contributed by atoms with Crippen LogP contribution >= 0.6 is 0 Å². The molecule has 0 amide bonds. The van der Waals surface area contributed by atoms with Crippen molar-refractivity contribution < 1.29 is 5.11 Å². The summed E-state index contributed by atoms with van der Waals surface area (Å²) in [5.74, 6) is 0. The van der Waals surface area contributed by atoms with Crippen LogP contribution in [0, 0.1) is 19.3 Å². The Bertz CT molecular complexity index is 309. The van der Waals surface area contributed by atoms with E-state index in [9.17, 15) is 5.11 Å². The second kappa shape index (κ2) is 4.77. The van der Waals surface area contributed by atoms with Crippen LogP contribution in [0.4, 0.5) is 0 Å². The maximum atomic E-state index is 9.35. The number of hydrogen-bond acceptors (Lipinski definition) is 2. The fourth-order valence-electron chi connectivity index (χ4n) is 1.75. The topological polar surface area (TPSA) is 46.2 Å². The van der Waals surface area contributed by atoms with Gasteiger partial charge in [0.1, 0.15) is 0 Å². The van der Waals surface area contributed by atoms with E-state index in [1.807, 2.05) is 6.92 Å². The maximum Gasteiger partial charge on any atom is 0.0500 e. The summed E-state index contributed by atoms with van der Waals surface area (Å²) < 4.78 is 0. The summed E-state index contributed by atoms with van der Waals surface area (Å²) in [5, 5.41) is 9.35. The SMILES string of the molecule is Cc1cccc(C)c1CC(C)(CN)CO. The predicted octanol–water partition coefficient (Wildman–Crippen LogP) is 1.80. The van der Waals surface area contributed by atoms with Gasteiger partial charge in [-0.25, -0.2) is 0 Å². The van der Waals surface area contributed by atoms with E-state index < -0.39 is 0 Å². The van der Waals surface area contributed by atoms with E-state index in [4.69, 9.17) is 5.73 Å². The van der Waals surface area contributed by atoms with Crippen molar-refractivity contribution in [1.82, 2.24) is 0 Å². The minimum absolute atomic E-state index is 0.136. The van der Waals surface area contributed by atoms with E-state index in [-0.39, 0.29) is 12.0 Å². The summed E-state index contributed by atoms with van der Waals surface area (Å²) in [6.45, 7) is 6.89. The molecule has 0 saturated heterocycles. The van der Waals surface area contributed by atoms with Crippen molar-refractivity contribution >= 4 is 0 Å². The molecule has 1 aromatic carbocycles. The normalized spacial score (nSPS) is 15.0. The van der Waals surface area contributed by atoms with Gasteiger partial charge in [0.25, 0.3) is 0 Å². The molecular formula is C13H21NO. The van der Waals surface area contributed by atoms with Gasteiger partial charge in [0.2, 0.25) is 0 Å². The Morgan fingerprint density at radius 2 is 1.80 bits per heavy atom. The van der Waals surface area contributed by atoms with Gasteiger partial charge in [-0.2, -0.15) is 0 Å². The Morgan fingerprint density at radius 3 is 2.20 bits per heavy atom. The van der Waals surface area contributed by atoms with Crippen molar-refractivity contribution in [2.75, 3.05) is 13.2 Å². The molecule has 0 fully saturated rings. The van der Waals surface area contributed by atoms with Crippen LogP contribution in [0.1, 0.15) is 23.6 Å². The summed E-state index contributed by atoms with van der Waals surface area (Å²) in [5.41, 5.74) is 9.39. The zero-order valence-corrected chi connectivity index (χ0v) is 9.88. The molecule has 84 valence electrons. The molecule has 1 aromatic rings. The van der Waals surface area contributed by atoms with Crippen LogP contribution in [0.15, 0.2) is 18.2 Å². The molecule has 3 N–H and O–H groups in total. The summed E-state index contributed by atoms with van der Waals surface area (Å²) >= 11 is 0. The third-order valence-electron chi connectivity index (χ3n) is 3.12. The van der Waals surface area contributed by atoms with Crippen molar-refractivity contribution in [2.45, 2.75) is 27.2 Å². The highest BCUT2D eigenvalue weighted by molar-refractivity contribution is 5.34. The molecule has 0 aliphatic heterocycles. The second-order valence-electron chi connectivity index (χ2n) is 4.72. The Kier molecular flexibility index (Phi) is 3.89. The Balaban J connectivity index is 2.98. The molecule has 0 aliphatic carbocycles. The van der Waals surface area contributed by atoms with E-state index in [0.29, 0.717) is 6.54 Å². The first kappa shape index (κ1) is 12.2. The molecule has 0 heterocycles. The molecule has 0 aliphatic rings. The van der Waals surface area contributed by atoms with Crippen molar-refractivity contribution in [1.29, 1.82) is 0 Å². The first-order valence-corrected chi connectivity index (χ1v) is 5.38. The van der Waals surface area contributed by atoms with Crippen LogP contribution in [0.2, 0.25) is 0 Å². The predicted molar refractivity (Wildman–Crippen MR) is 63.9 cm³/mol. The standard InChI is InChI=1S/C13H21NO/c1-10-5-4-6-11(2)12(10)7-13(3,8-14)9-15/h4-6,15H,7-9,14H2,1-3H3. The number of nitrogens with two attached hydrogens (primary N) is 1. The molecule has 0 aromatic heterocycles. The molecule has 1 rings (SSSR count). The van der Waals surface area contributed by atoms with Gasteiger partial charge in [-0.1, -0.05) is 25.1 Å². The third kappa shape index (κ3) is 2.80. The van der Waals surface area contributed by atoms with E-state index in [1.54, 1.807) is 0 Å². The number of aliphatic hydroxyl groups excluding tert-OH is 1. The molecule has 15 heavy (non-hydrogen) atoms. The molecule has 1 unspecified atom stereocenters. The summed E-state index contributed by atoms with van der Waals surface area (Å²) in [6, 6.07) is 6.28. The minimum atomic E-state index is -0.198. The van der Waals surface area contributed by atoms with Crippen LogP contribution in [-0.2, 0) is 6.42 Å². The zero-order chi connectivity index (χ0) is 11.5. The smallest absolute Gasteiger partial charge is 0.0500 e. The van der Waals surface area contributed by atoms with E-state index >= 15 is 0 Å². The number of rotatable bonds is 4. The molecular weight excluding hydrogens is 186 g/mol. The lowest BCUT2D eigenvalue weighted by Crippen LogP contribution is -2.33. The van der Waals surface area contributed by atoms with Crippen molar-refractivity contribution in [3.63, 3.8) is 0 Å². The highest BCUT2D eigenvalue weighted by Gasteiger charge is 2.23. The van der Waals surface area contributed by atoms with E-state index in [0.717, 1.165) is 6.42 Å². The first-order chi connectivity index (χ1) is 7.02. The largest absolute Gasteiger partial charge is 0.396 e. The summed E-state index contributed by atoms with van der Waals surface area (Å²) in [4.78, 5) is 0. The fraction of sp³-hybridized carbons (Fsp3) is 0.538. The maximum absolute atomic E-state index is 9.35. The van der Waals surface area contributed by atoms with Crippen LogP contribution < -0.4 is 5.73 Å². The van der Waals surface area contributed by atoms with E-state index in [1.165, 1.54) is 16.7 Å². The fourth-order valence-corrected chi connectivity index (χ4v) is 1.75. The Hall–Kier alpha value is -0.860. The lowest BCUT2D eigenvalue weighted by Gasteiger charge is -2.27. The van der Waals surface area contributed by atoms with Crippen molar-refractivity contribution in [3.8, 4) is 0 Å². The van der Waals surface area contributed by atoms with Gasteiger partial charge in [-0.3, -0.25) is 0 Å². The third-order valence-corrected chi connectivity index (χ3v) is 3.12. The first-order valence-electron chi connectivity index (χ1n) is 5.38. The minimum Gasteiger partial charge on any atom is -0.396 e. The molecule has 2 heteroatoms. The Morgan fingerprint density at radius 1 is 1.27 bits per heavy atom. The van der Waals surface area contributed by atoms with Gasteiger partial charge in [-0.15, -0.1) is 0 Å². The van der Waals surface area contributed by atoms with Gasteiger partial charge >= 0.3 is 0 Å². The lowest BCUT2D eigenvalue weighted by atomic mass is 9.82. The zero-order valence-electron chi connectivity index (χ0n) is 9.88. The molecule has 0 spiro atoms. The highest BCUT2D eigenvalue weighted by Crippen LogP contribution is 2.24. The summed E-state index contributed by atoms with van der Waals surface area (Å²) in [7, 11) is 0. The van der Waals surface area contributed by atoms with Gasteiger partial charge in [0, 0.05) is 18.6 Å². The average molecular weight is 207 g/mol. The number of aliphatic hydroxyl groups is 1. The Labute approximate surface area is 92.1 Å². The molecule has 2 nitrogen and oxygen atoms in total. The van der Waals surface area contributed by atoms with Gasteiger partial charge in [0.05, 0.1) is 0 Å². The van der Waals surface area contributed by atoms with Crippen LogP contribution in [0.3, 0.4) is 0 Å². The highest BCUT2D eigenvalue weighted by atomic mass is 16.3. The van der Waals surface area contributed by atoms with Gasteiger partial charge < -0.3 is 10.8 Å². The van der Waals surface area contributed by atoms with Crippen LogP contribution in [0.25, 0.3) is 0 Å². The van der Waals surface area contributed by atoms with Crippen molar-refractivity contribution in [3.05, 3.63) is 34.9 Å². The van der Waals surface area contributed by atoms with E-state index in [2.05, 4.69) is 32.0 Å². The molecule has 0 bridgehead atoms. The number of aryl methyl sites for hydroxylation is 2. The van der Waals surface area contributed by atoms with Crippen LogP contribution in [0.5, 0.6) is 0 Å². The van der Waals surface area contributed by atoms with Gasteiger partial charge in [-0.05, 0) is 37.0 Å². The molecule has 0 radical (unpaired) electrons. The average Bonchev–Trinajstić information content (AvgIpc) is 2.23. The van der Waals surface area contributed by atoms with Gasteiger partial charge in [0.15, 0.2) is 0 Å². The quantitative estimate of drug-likeness (QED) is 0.791. The molecule has 1 atom stereocenters. The van der Waals surface area contributed by atoms with Crippen molar-refractivity contribution in [2.24, 2.45) is 11.1 Å². The lowest BCUT2D eigenvalue weighted by molar-refractivity contribution is 0.149. The summed E-state index contributed by atoms with van der Waals surface area (Å²) in [6.07, 6.45) is 0.846. The molecule has 0 saturated carbocycles. The second-order valence-corrected chi connectivity index (χ2v) is 4.72.